The molecule has 2 aromatic rings. The lowest BCUT2D eigenvalue weighted by molar-refractivity contribution is 0.185. The number of fused-ring (bicyclic) bond motifs is 2. The summed E-state index contributed by atoms with van der Waals surface area (Å²) in [6, 6.07) is 3.74. The summed E-state index contributed by atoms with van der Waals surface area (Å²) < 4.78 is 17.5. The van der Waals surface area contributed by atoms with E-state index in [4.69, 9.17) is 9.72 Å². The molecule has 26 heavy (non-hydrogen) atoms. The molecule has 1 aromatic heterocycles. The van der Waals surface area contributed by atoms with Crippen LogP contribution < -0.4 is 10.1 Å². The zero-order valence-corrected chi connectivity index (χ0v) is 15.2. The lowest BCUT2D eigenvalue weighted by Crippen LogP contribution is -2.39. The topological polar surface area (TPSA) is 57.6 Å². The Labute approximate surface area is 153 Å². The largest absolute Gasteiger partial charge is 0.504 e. The number of phenols is 1. The predicted molar refractivity (Wildman–Crippen MR) is 101 cm³/mol. The smallest absolute Gasteiger partial charge is 0.228 e. The maximum Gasteiger partial charge on any atom is 0.228 e. The van der Waals surface area contributed by atoms with Gasteiger partial charge in [-0.1, -0.05) is 6.92 Å². The zero-order valence-electron chi connectivity index (χ0n) is 15.2. The number of ether oxygens (including phenoxy) is 1. The molecule has 0 saturated carbocycles. The molecule has 1 aliphatic heterocycles. The molecule has 5 nitrogen and oxygen atoms in total. The van der Waals surface area contributed by atoms with E-state index in [1.807, 2.05) is 0 Å². The van der Waals surface area contributed by atoms with Crippen LogP contribution in [0.2, 0.25) is 0 Å². The van der Waals surface area contributed by atoms with Crippen LogP contribution in [0.25, 0.3) is 10.9 Å². The van der Waals surface area contributed by atoms with Crippen LogP contribution in [0.5, 0.6) is 11.5 Å². The van der Waals surface area contributed by atoms with Gasteiger partial charge in [-0.25, -0.2) is 4.39 Å². The number of likely N-dealkylation sites (tertiary alicyclic amines) is 1. The first kappa shape index (κ1) is 17.3. The predicted octanol–water partition coefficient (Wildman–Crippen LogP) is 3.63. The van der Waals surface area contributed by atoms with Crippen molar-refractivity contribution in [2.24, 2.45) is 0 Å². The highest BCUT2D eigenvalue weighted by Crippen LogP contribution is 2.39. The fourth-order valence-corrected chi connectivity index (χ4v) is 4.22. The van der Waals surface area contributed by atoms with E-state index in [0.29, 0.717) is 6.04 Å². The van der Waals surface area contributed by atoms with Crippen molar-refractivity contribution in [2.45, 2.75) is 45.1 Å². The first-order valence-electron chi connectivity index (χ1n) is 9.55. The van der Waals surface area contributed by atoms with E-state index in [0.717, 1.165) is 74.0 Å². The summed E-state index contributed by atoms with van der Waals surface area (Å²) in [6.07, 6.45) is 5.30. The third-order valence-corrected chi connectivity index (χ3v) is 5.69. The third-order valence-electron chi connectivity index (χ3n) is 5.69. The summed E-state index contributed by atoms with van der Waals surface area (Å²) in [7, 11) is 0. The summed E-state index contributed by atoms with van der Waals surface area (Å²) >= 11 is 0. The van der Waals surface area contributed by atoms with E-state index in [2.05, 4.69) is 17.1 Å². The first-order valence-corrected chi connectivity index (χ1v) is 9.55. The number of alkyl halides is 1. The summed E-state index contributed by atoms with van der Waals surface area (Å²) in [5.41, 5.74) is 4.23. The Morgan fingerprint density at radius 2 is 2.12 bits per heavy atom. The number of halogens is 1. The molecule has 2 aliphatic rings. The van der Waals surface area contributed by atoms with Gasteiger partial charge in [0, 0.05) is 42.0 Å². The number of aryl methyl sites for hydroxylation is 1. The van der Waals surface area contributed by atoms with Gasteiger partial charge in [-0.05, 0) is 50.3 Å². The Balaban J connectivity index is 1.71. The van der Waals surface area contributed by atoms with Crippen molar-refractivity contribution in [3.8, 4) is 11.5 Å². The quantitative estimate of drug-likeness (QED) is 0.854. The molecule has 0 unspecified atom stereocenters. The average Bonchev–Trinajstić information content (AvgIpc) is 3.12. The molecule has 1 aliphatic carbocycles. The molecule has 1 aromatic carbocycles. The SMILES string of the molecule is CCN1CCC(Nc2c3c(nc4cc(OCF)c(O)cc24)CCC3)CC1. The Morgan fingerprint density at radius 1 is 1.31 bits per heavy atom. The monoisotopic (exact) mass is 359 g/mol. The molecule has 1 saturated heterocycles. The number of benzene rings is 1. The number of nitrogens with zero attached hydrogens (tertiary/aromatic N) is 2. The normalized spacial score (nSPS) is 18.2. The molecule has 0 amide bonds. The number of pyridine rings is 1. The molecular weight excluding hydrogens is 333 g/mol. The minimum atomic E-state index is -0.967. The maximum absolute atomic E-state index is 12.6. The van der Waals surface area contributed by atoms with Gasteiger partial charge in [0.1, 0.15) is 0 Å². The highest BCUT2D eigenvalue weighted by molar-refractivity contribution is 5.96. The second kappa shape index (κ2) is 7.27. The van der Waals surface area contributed by atoms with Gasteiger partial charge in [0.2, 0.25) is 6.86 Å². The van der Waals surface area contributed by atoms with E-state index >= 15 is 0 Å². The van der Waals surface area contributed by atoms with Crippen LogP contribution in [0, 0.1) is 0 Å². The fraction of sp³-hybridized carbons (Fsp3) is 0.550. The van der Waals surface area contributed by atoms with Gasteiger partial charge in [0.25, 0.3) is 0 Å². The number of piperidine rings is 1. The highest BCUT2D eigenvalue weighted by atomic mass is 19.1. The highest BCUT2D eigenvalue weighted by Gasteiger charge is 2.24. The van der Waals surface area contributed by atoms with E-state index in [1.165, 1.54) is 5.56 Å². The van der Waals surface area contributed by atoms with Gasteiger partial charge in [-0.2, -0.15) is 0 Å². The fourth-order valence-electron chi connectivity index (χ4n) is 4.22. The molecule has 4 rings (SSSR count). The summed E-state index contributed by atoms with van der Waals surface area (Å²) in [4.78, 5) is 7.23. The lowest BCUT2D eigenvalue weighted by Gasteiger charge is -2.32. The Kier molecular flexibility index (Phi) is 4.85. The van der Waals surface area contributed by atoms with E-state index in [1.54, 1.807) is 12.1 Å². The van der Waals surface area contributed by atoms with Gasteiger partial charge in [-0.3, -0.25) is 4.98 Å². The minimum Gasteiger partial charge on any atom is -0.504 e. The van der Waals surface area contributed by atoms with Crippen molar-refractivity contribution in [1.29, 1.82) is 0 Å². The van der Waals surface area contributed by atoms with Crippen LogP contribution in [0.1, 0.15) is 37.4 Å². The van der Waals surface area contributed by atoms with Crippen molar-refractivity contribution in [3.63, 3.8) is 0 Å². The molecule has 0 atom stereocenters. The number of nitrogens with one attached hydrogen (secondary N) is 1. The van der Waals surface area contributed by atoms with Crippen LogP contribution >= 0.6 is 0 Å². The molecule has 2 N–H and O–H groups in total. The Morgan fingerprint density at radius 3 is 2.85 bits per heavy atom. The van der Waals surface area contributed by atoms with Gasteiger partial charge in [0.05, 0.1) is 5.52 Å². The summed E-state index contributed by atoms with van der Waals surface area (Å²) in [5, 5.41) is 14.9. The molecular formula is C20H26FN3O2. The van der Waals surface area contributed by atoms with E-state index in [9.17, 15) is 9.50 Å². The first-order chi connectivity index (χ1) is 12.7. The molecule has 0 spiro atoms. The van der Waals surface area contributed by atoms with Crippen LogP contribution in [0.15, 0.2) is 12.1 Å². The Hall–Kier alpha value is -2.08. The van der Waals surface area contributed by atoms with Crippen LogP contribution in [-0.4, -0.2) is 47.5 Å². The molecule has 1 fully saturated rings. The second-order valence-corrected chi connectivity index (χ2v) is 7.21. The van der Waals surface area contributed by atoms with Gasteiger partial charge in [0.15, 0.2) is 11.5 Å². The number of aromatic nitrogens is 1. The number of aromatic hydroxyl groups is 1. The van der Waals surface area contributed by atoms with Gasteiger partial charge in [-0.15, -0.1) is 0 Å². The number of hydrogen-bond acceptors (Lipinski definition) is 5. The number of rotatable bonds is 5. The van der Waals surface area contributed by atoms with Crippen molar-refractivity contribution in [1.82, 2.24) is 9.88 Å². The third kappa shape index (κ3) is 3.18. The number of phenolic OH excluding ortho intramolecular Hbond substituents is 1. The second-order valence-electron chi connectivity index (χ2n) is 7.21. The van der Waals surface area contributed by atoms with E-state index < -0.39 is 6.86 Å². The van der Waals surface area contributed by atoms with Crippen LogP contribution in [0.3, 0.4) is 0 Å². The lowest BCUT2D eigenvalue weighted by atomic mass is 10.0. The molecule has 0 bridgehead atoms. The molecule has 0 radical (unpaired) electrons. The van der Waals surface area contributed by atoms with Crippen molar-refractivity contribution in [2.75, 3.05) is 31.8 Å². The van der Waals surface area contributed by atoms with Crippen molar-refractivity contribution < 1.29 is 14.2 Å². The van der Waals surface area contributed by atoms with Crippen molar-refractivity contribution in [3.05, 3.63) is 23.4 Å². The molecule has 2 heterocycles. The van der Waals surface area contributed by atoms with Gasteiger partial charge >= 0.3 is 0 Å². The van der Waals surface area contributed by atoms with E-state index in [-0.39, 0.29) is 11.5 Å². The zero-order chi connectivity index (χ0) is 18.1. The van der Waals surface area contributed by atoms with Crippen LogP contribution in [-0.2, 0) is 12.8 Å². The molecule has 140 valence electrons. The van der Waals surface area contributed by atoms with Gasteiger partial charge < -0.3 is 20.1 Å². The summed E-state index contributed by atoms with van der Waals surface area (Å²) in [5.74, 6) is 0.103. The van der Waals surface area contributed by atoms with Crippen molar-refractivity contribution >= 4 is 16.6 Å². The Bertz CT molecular complexity index is 803. The number of anilines is 1. The minimum absolute atomic E-state index is 0.0428. The standard InChI is InChI=1S/C20H26FN3O2/c1-2-24-8-6-13(7-9-24)22-20-14-4-3-5-16(14)23-17-11-19(26-12-21)18(25)10-15(17)20/h10-11,13,25H,2-9,12H2,1H3,(H,22,23). The maximum atomic E-state index is 12.6. The summed E-state index contributed by atoms with van der Waals surface area (Å²) in [6.45, 7) is 4.56. The molecule has 6 heteroatoms. The van der Waals surface area contributed by atoms with Crippen LogP contribution in [0.4, 0.5) is 10.1 Å². The average molecular weight is 359 g/mol. The number of hydrogen-bond donors (Lipinski definition) is 2.